The summed E-state index contributed by atoms with van der Waals surface area (Å²) in [6.07, 6.45) is -3.87. The molecule has 0 spiro atoms. The number of carbonyl (C=O) groups is 4. The third kappa shape index (κ3) is 11.1. The van der Waals surface area contributed by atoms with Crippen molar-refractivity contribution in [3.05, 3.63) is 120 Å². The Hall–Kier alpha value is -5.52. The number of hydrogen-bond acceptors (Lipinski definition) is 7. The van der Waals surface area contributed by atoms with Crippen molar-refractivity contribution in [3.63, 3.8) is 0 Å². The number of esters is 2. The fourth-order valence-corrected chi connectivity index (χ4v) is 4.69. The molecule has 0 saturated carbocycles. The number of ether oxygens (including phenoxy) is 1. The molecule has 244 valence electrons. The first-order chi connectivity index (χ1) is 22.6. The highest BCUT2D eigenvalue weighted by atomic mass is 19.4. The van der Waals surface area contributed by atoms with Crippen LogP contribution in [0.4, 0.5) is 19.0 Å². The van der Waals surface area contributed by atoms with Crippen LogP contribution in [0.3, 0.4) is 0 Å². The maximum atomic E-state index is 13.7. The van der Waals surface area contributed by atoms with Gasteiger partial charge in [0.15, 0.2) is 0 Å². The fourth-order valence-electron chi connectivity index (χ4n) is 4.69. The highest BCUT2D eigenvalue weighted by Gasteiger charge is 2.42. The second-order valence-corrected chi connectivity index (χ2v) is 10.6. The van der Waals surface area contributed by atoms with Crippen LogP contribution in [-0.2, 0) is 30.3 Å². The molecule has 1 unspecified atom stereocenters. The van der Waals surface area contributed by atoms with Crippen molar-refractivity contribution in [1.29, 1.82) is 0 Å². The van der Waals surface area contributed by atoms with Crippen molar-refractivity contribution in [1.82, 2.24) is 15.6 Å². The van der Waals surface area contributed by atoms with Crippen LogP contribution < -0.4 is 16.0 Å². The van der Waals surface area contributed by atoms with Crippen LogP contribution in [0.2, 0.25) is 0 Å². The molecule has 1 heterocycles. The van der Waals surface area contributed by atoms with Crippen LogP contribution in [0.15, 0.2) is 109 Å². The lowest BCUT2D eigenvalue weighted by Gasteiger charge is -2.24. The number of nitrogens with zero attached hydrogens (tertiary/aromatic N) is 1. The van der Waals surface area contributed by atoms with Crippen LogP contribution in [0.1, 0.15) is 36.4 Å². The van der Waals surface area contributed by atoms with Gasteiger partial charge in [0.25, 0.3) is 0 Å². The maximum absolute atomic E-state index is 13.7. The lowest BCUT2D eigenvalue weighted by atomic mass is 9.98. The van der Waals surface area contributed by atoms with Gasteiger partial charge in [-0.15, -0.1) is 0 Å². The zero-order valence-corrected chi connectivity index (χ0v) is 25.2. The van der Waals surface area contributed by atoms with Gasteiger partial charge in [-0.3, -0.25) is 14.4 Å². The van der Waals surface area contributed by atoms with E-state index in [1.807, 2.05) is 36.4 Å². The summed E-state index contributed by atoms with van der Waals surface area (Å²) in [7, 11) is 0. The minimum absolute atomic E-state index is 0.0919. The largest absolute Gasteiger partial charge is 0.491 e. The zero-order chi connectivity index (χ0) is 33.6. The first kappa shape index (κ1) is 34.4. The minimum Gasteiger partial charge on any atom is -0.386 e. The van der Waals surface area contributed by atoms with E-state index in [2.05, 4.69) is 25.7 Å². The van der Waals surface area contributed by atoms with Gasteiger partial charge in [-0.05, 0) is 40.8 Å². The zero-order valence-electron chi connectivity index (χ0n) is 25.2. The molecule has 4 rings (SSSR count). The third-order valence-electron chi connectivity index (χ3n) is 7.03. The van der Waals surface area contributed by atoms with Gasteiger partial charge >= 0.3 is 18.1 Å². The smallest absolute Gasteiger partial charge is 0.386 e. The number of anilines is 1. The molecule has 0 aliphatic carbocycles. The Morgan fingerprint density at radius 3 is 2.04 bits per heavy atom. The molecule has 0 fully saturated rings. The molecule has 0 radical (unpaired) electrons. The van der Waals surface area contributed by atoms with Crippen LogP contribution in [0.25, 0.3) is 11.1 Å². The van der Waals surface area contributed by atoms with E-state index in [4.69, 9.17) is 0 Å². The van der Waals surface area contributed by atoms with Crippen molar-refractivity contribution < 1.29 is 37.1 Å². The Bertz CT molecular complexity index is 1620. The van der Waals surface area contributed by atoms with E-state index in [9.17, 15) is 32.3 Å². The number of benzene rings is 3. The van der Waals surface area contributed by atoms with Gasteiger partial charge in [0.2, 0.25) is 11.8 Å². The van der Waals surface area contributed by atoms with E-state index >= 15 is 0 Å². The third-order valence-corrected chi connectivity index (χ3v) is 7.03. The fraction of sp³-hybridized carbons (Fsp3) is 0.229. The van der Waals surface area contributed by atoms with Crippen LogP contribution in [0, 0.1) is 0 Å². The number of aromatic nitrogens is 1. The second-order valence-electron chi connectivity index (χ2n) is 10.6. The SMILES string of the molecule is O=C(CCCNc1ccccn1)N[C@H](Cc1ccccc1)C(=O)NC(CC(=O)OC(=O)C(F)(F)F)c1ccc(-c2ccccc2)cc1. The molecular weight excluding hydrogens is 613 g/mol. The van der Waals surface area contributed by atoms with E-state index in [0.717, 1.165) is 16.7 Å². The summed E-state index contributed by atoms with van der Waals surface area (Å²) in [5.41, 5.74) is 2.83. The Kier molecular flexibility index (Phi) is 12.2. The highest BCUT2D eigenvalue weighted by Crippen LogP contribution is 2.25. The average molecular weight is 647 g/mol. The Labute approximate surface area is 269 Å². The molecule has 0 aliphatic rings. The first-order valence-corrected chi connectivity index (χ1v) is 14.8. The number of nitrogens with one attached hydrogen (secondary N) is 3. The summed E-state index contributed by atoms with van der Waals surface area (Å²) >= 11 is 0. The monoisotopic (exact) mass is 646 g/mol. The predicted molar refractivity (Wildman–Crippen MR) is 169 cm³/mol. The first-order valence-electron chi connectivity index (χ1n) is 14.8. The van der Waals surface area contributed by atoms with Gasteiger partial charge in [0, 0.05) is 25.6 Å². The molecule has 0 bridgehead atoms. The number of alkyl halides is 3. The van der Waals surface area contributed by atoms with Crippen molar-refractivity contribution in [2.24, 2.45) is 0 Å². The number of carbonyl (C=O) groups excluding carboxylic acids is 4. The molecule has 4 aromatic rings. The van der Waals surface area contributed by atoms with Gasteiger partial charge in [0.05, 0.1) is 12.5 Å². The summed E-state index contributed by atoms with van der Waals surface area (Å²) in [4.78, 5) is 54.6. The molecule has 9 nitrogen and oxygen atoms in total. The standard InChI is InChI=1S/C35H33F3N4O5/c36-35(37,38)34(46)47-32(44)23-28(27-18-16-26(17-19-27)25-12-5-2-6-13-25)42-33(45)29(22-24-10-3-1-4-11-24)41-31(43)15-9-21-40-30-14-7-8-20-39-30/h1-8,10-14,16-20,28-29H,9,15,21-23H2,(H,39,40)(H,41,43)(H,42,45)/t28?,29-/m1/s1. The van der Waals surface area contributed by atoms with Crippen molar-refractivity contribution in [2.45, 2.75) is 43.9 Å². The second kappa shape index (κ2) is 16.7. The number of rotatable bonds is 14. The molecular formula is C35H33F3N4O5. The lowest BCUT2D eigenvalue weighted by Crippen LogP contribution is -2.49. The van der Waals surface area contributed by atoms with Gasteiger partial charge < -0.3 is 20.7 Å². The van der Waals surface area contributed by atoms with E-state index < -0.39 is 48.4 Å². The summed E-state index contributed by atoms with van der Waals surface area (Å²) in [5.74, 6) is -4.55. The summed E-state index contributed by atoms with van der Waals surface area (Å²) in [6.45, 7) is 0.458. The molecule has 3 N–H and O–H groups in total. The maximum Gasteiger partial charge on any atom is 0.491 e. The molecule has 0 saturated heterocycles. The molecule has 2 amide bonds. The molecule has 0 aliphatic heterocycles. The minimum atomic E-state index is -5.37. The number of halogens is 3. The van der Waals surface area contributed by atoms with Gasteiger partial charge in [-0.25, -0.2) is 9.78 Å². The van der Waals surface area contributed by atoms with Gasteiger partial charge in [-0.1, -0.05) is 91.0 Å². The van der Waals surface area contributed by atoms with Gasteiger partial charge in [0.1, 0.15) is 11.9 Å². The number of amides is 2. The van der Waals surface area contributed by atoms with Crippen LogP contribution >= 0.6 is 0 Å². The Morgan fingerprint density at radius 1 is 0.766 bits per heavy atom. The Balaban J connectivity index is 1.49. The molecule has 1 aromatic heterocycles. The highest BCUT2D eigenvalue weighted by molar-refractivity contribution is 5.90. The number of pyridine rings is 1. The summed E-state index contributed by atoms with van der Waals surface area (Å²) in [6, 6.07) is 28.1. The Morgan fingerprint density at radius 2 is 1.40 bits per heavy atom. The topological polar surface area (TPSA) is 126 Å². The molecule has 47 heavy (non-hydrogen) atoms. The quantitative estimate of drug-likeness (QED) is 0.0932. The molecule has 3 aromatic carbocycles. The van der Waals surface area contributed by atoms with Gasteiger partial charge in [-0.2, -0.15) is 13.2 Å². The summed E-state index contributed by atoms with van der Waals surface area (Å²) < 4.78 is 42.3. The molecule has 2 atom stereocenters. The van der Waals surface area contributed by atoms with E-state index in [1.165, 1.54) is 0 Å². The van der Waals surface area contributed by atoms with E-state index in [-0.39, 0.29) is 12.8 Å². The van der Waals surface area contributed by atoms with Crippen molar-refractivity contribution in [2.75, 3.05) is 11.9 Å². The normalized spacial score (nSPS) is 12.3. The number of hydrogen-bond donors (Lipinski definition) is 3. The molecule has 12 heteroatoms. The predicted octanol–water partition coefficient (Wildman–Crippen LogP) is 5.55. The van der Waals surface area contributed by atoms with Crippen molar-refractivity contribution >= 4 is 29.6 Å². The van der Waals surface area contributed by atoms with Crippen molar-refractivity contribution in [3.8, 4) is 11.1 Å². The van der Waals surface area contributed by atoms with Crippen LogP contribution in [0.5, 0.6) is 0 Å². The van der Waals surface area contributed by atoms with E-state index in [1.54, 1.807) is 72.9 Å². The average Bonchev–Trinajstić information content (AvgIpc) is 3.07. The van der Waals surface area contributed by atoms with E-state index in [0.29, 0.717) is 24.3 Å². The lowest BCUT2D eigenvalue weighted by molar-refractivity contribution is -0.202. The van der Waals surface area contributed by atoms with Crippen LogP contribution in [-0.4, -0.2) is 47.5 Å². The summed E-state index contributed by atoms with van der Waals surface area (Å²) in [5, 5.41) is 8.53.